The van der Waals surface area contributed by atoms with E-state index in [1.54, 1.807) is 31.8 Å². The van der Waals surface area contributed by atoms with Crippen molar-refractivity contribution in [2.75, 3.05) is 20.0 Å². The molecule has 2 aromatic heterocycles. The minimum absolute atomic E-state index is 0.277. The van der Waals surface area contributed by atoms with E-state index in [4.69, 9.17) is 38.4 Å². The molecule has 4 aromatic carbocycles. The summed E-state index contributed by atoms with van der Waals surface area (Å²) in [4.78, 5) is 35.7. The highest BCUT2D eigenvalue weighted by molar-refractivity contribution is 7.15. The first-order valence-electron chi connectivity index (χ1n) is 19.7. The predicted octanol–water partition coefficient (Wildman–Crippen LogP) is 11.6. The van der Waals surface area contributed by atoms with Crippen LogP contribution in [0.15, 0.2) is 109 Å². The largest absolute Gasteiger partial charge is 0.497 e. The summed E-state index contributed by atoms with van der Waals surface area (Å²) in [6.45, 7) is 0. The van der Waals surface area contributed by atoms with Crippen molar-refractivity contribution >= 4 is 62.8 Å². The van der Waals surface area contributed by atoms with Crippen molar-refractivity contribution in [3.8, 4) is 11.5 Å². The Morgan fingerprint density at radius 3 is 1.54 bits per heavy atom. The van der Waals surface area contributed by atoms with E-state index in [9.17, 15) is 14.7 Å². The monoisotopic (exact) mass is 869 g/mol. The van der Waals surface area contributed by atoms with Crippen LogP contribution < -0.4 is 15.2 Å². The molecule has 2 aliphatic carbocycles. The third-order valence-corrected chi connectivity index (χ3v) is 13.8. The second-order valence-electron chi connectivity index (χ2n) is 14.9. The number of nitrogens with zero attached hydrogens (tertiary/aromatic N) is 2. The molecule has 0 amide bonds. The van der Waals surface area contributed by atoms with E-state index in [0.717, 1.165) is 123 Å². The van der Waals surface area contributed by atoms with Crippen molar-refractivity contribution in [2.45, 2.75) is 81.5 Å². The first-order valence-corrected chi connectivity index (χ1v) is 22.1. The molecule has 308 valence electrons. The summed E-state index contributed by atoms with van der Waals surface area (Å²) in [5.74, 6) is 1.16. The van der Waals surface area contributed by atoms with Crippen LogP contribution in [0.1, 0.15) is 88.4 Å². The number of carbonyl (C=O) groups is 2. The van der Waals surface area contributed by atoms with Crippen molar-refractivity contribution < 1.29 is 24.2 Å². The lowest BCUT2D eigenvalue weighted by molar-refractivity contribution is -0.143. The van der Waals surface area contributed by atoms with Gasteiger partial charge in [-0.05, 0) is 84.3 Å². The smallest absolute Gasteiger partial charge is 0.314 e. The van der Waals surface area contributed by atoms with Gasteiger partial charge >= 0.3 is 5.97 Å². The third kappa shape index (κ3) is 10.9. The number of carbonyl (C=O) groups excluding carboxylic acids is 1. The van der Waals surface area contributed by atoms with Gasteiger partial charge in [-0.15, -0.1) is 22.7 Å². The highest BCUT2D eigenvalue weighted by atomic mass is 35.5. The summed E-state index contributed by atoms with van der Waals surface area (Å²) in [5, 5.41) is 12.5. The number of anilines is 1. The number of Topliss-reactive ketones (excluding diaryl/α,β-unsaturated/α-hetero) is 1. The summed E-state index contributed by atoms with van der Waals surface area (Å²) >= 11 is 15.4. The summed E-state index contributed by atoms with van der Waals surface area (Å²) in [5.41, 5.74) is 8.70. The maximum Gasteiger partial charge on any atom is 0.314 e. The number of hydrogen-bond donors (Lipinski definition) is 2. The standard InChI is InChI=1S/C24H24ClNO2S.C13H16O3.C10H9ClN2S/c1-28-19-10-8-18(9-11-19)24(12-4-5-13-24)22(27)15-23-26-16-20(29-23)14-17-6-2-3-7-21(17)25;1-16-11-6-4-10(5-7-11)13(12(14)15)8-2-3-9-13;11-9-4-2-1-3-7(9)5-8-6-13-10(12)14-8/h2-3,6-11,16H,4-5,12-15H2,1H3;4-7H,2-3,8-9H2,1H3,(H,14,15);1-4,6H,5H2,(H2,12,13). The van der Waals surface area contributed by atoms with Crippen molar-refractivity contribution in [1.29, 1.82) is 0 Å². The minimum atomic E-state index is -0.699. The van der Waals surface area contributed by atoms with Gasteiger partial charge in [-0.3, -0.25) is 9.59 Å². The molecular weight excluding hydrogens is 822 g/mol. The second kappa shape index (κ2) is 20.5. The fourth-order valence-corrected chi connectivity index (χ4v) is 10.1. The lowest BCUT2D eigenvalue weighted by Crippen LogP contribution is -2.34. The maximum absolute atomic E-state index is 13.4. The van der Waals surface area contributed by atoms with E-state index in [1.807, 2.05) is 103 Å². The molecule has 2 fully saturated rings. The number of nitrogens with two attached hydrogens (primary N) is 1. The zero-order valence-electron chi connectivity index (χ0n) is 33.3. The van der Waals surface area contributed by atoms with E-state index < -0.39 is 11.4 Å². The topological polar surface area (TPSA) is 125 Å². The molecule has 8 rings (SSSR count). The number of halogens is 2. The minimum Gasteiger partial charge on any atom is -0.497 e. The fraction of sp³-hybridized carbons (Fsp3) is 0.319. The molecule has 6 aromatic rings. The Hall–Kier alpha value is -4.74. The number of thiazole rings is 2. The van der Waals surface area contributed by atoms with E-state index in [-0.39, 0.29) is 11.2 Å². The average molecular weight is 871 g/mol. The molecular formula is C47H49Cl2N3O5S2. The summed E-state index contributed by atoms with van der Waals surface area (Å²) in [6, 6.07) is 31.1. The number of carboxylic acids is 1. The molecule has 0 saturated heterocycles. The van der Waals surface area contributed by atoms with Crippen LogP contribution in [0.2, 0.25) is 10.0 Å². The van der Waals surface area contributed by atoms with Gasteiger partial charge in [-0.1, -0.05) is 110 Å². The van der Waals surface area contributed by atoms with Crippen LogP contribution in [0.3, 0.4) is 0 Å². The maximum atomic E-state index is 13.4. The van der Waals surface area contributed by atoms with Crippen LogP contribution >= 0.6 is 45.9 Å². The zero-order chi connectivity index (χ0) is 41.8. The Morgan fingerprint density at radius 2 is 1.10 bits per heavy atom. The highest BCUT2D eigenvalue weighted by Crippen LogP contribution is 2.44. The number of benzene rings is 4. The number of nitrogen functional groups attached to an aromatic ring is 1. The van der Waals surface area contributed by atoms with Gasteiger partial charge in [0, 0.05) is 45.0 Å². The Labute approximate surface area is 364 Å². The summed E-state index contributed by atoms with van der Waals surface area (Å²) < 4.78 is 10.4. The lowest BCUT2D eigenvalue weighted by Gasteiger charge is -2.28. The molecule has 2 heterocycles. The number of aromatic nitrogens is 2. The Bertz CT molecular complexity index is 2300. The number of ketones is 1. The van der Waals surface area contributed by atoms with Gasteiger partial charge in [0.25, 0.3) is 0 Å². The van der Waals surface area contributed by atoms with Gasteiger partial charge in [0.1, 0.15) is 22.3 Å². The lowest BCUT2D eigenvalue weighted by atomic mass is 9.74. The predicted molar refractivity (Wildman–Crippen MR) is 240 cm³/mol. The Balaban J connectivity index is 0.000000164. The summed E-state index contributed by atoms with van der Waals surface area (Å²) in [6.07, 6.45) is 13.1. The quantitative estimate of drug-likeness (QED) is 0.125. The van der Waals surface area contributed by atoms with Crippen molar-refractivity contribution in [2.24, 2.45) is 0 Å². The Kier molecular flexibility index (Phi) is 15.2. The molecule has 2 saturated carbocycles. The molecule has 0 radical (unpaired) electrons. The summed E-state index contributed by atoms with van der Waals surface area (Å²) in [7, 11) is 3.27. The fourth-order valence-electron chi connectivity index (χ4n) is 8.01. The van der Waals surface area contributed by atoms with Crippen molar-refractivity contribution in [3.05, 3.63) is 157 Å². The first-order chi connectivity index (χ1) is 28.5. The van der Waals surface area contributed by atoms with Crippen LogP contribution in [-0.2, 0) is 39.7 Å². The molecule has 12 heteroatoms. The average Bonchev–Trinajstić information content (AvgIpc) is 4.10. The second-order valence-corrected chi connectivity index (χ2v) is 18.0. The number of hydrogen-bond acceptors (Lipinski definition) is 9. The van der Waals surface area contributed by atoms with Crippen LogP contribution in [0, 0.1) is 0 Å². The molecule has 59 heavy (non-hydrogen) atoms. The molecule has 2 aliphatic rings. The van der Waals surface area contributed by atoms with Gasteiger partial charge in [0.2, 0.25) is 0 Å². The van der Waals surface area contributed by atoms with Crippen LogP contribution in [0.5, 0.6) is 11.5 Å². The van der Waals surface area contributed by atoms with E-state index in [1.165, 1.54) is 11.3 Å². The van der Waals surface area contributed by atoms with Crippen molar-refractivity contribution in [1.82, 2.24) is 9.97 Å². The van der Waals surface area contributed by atoms with Gasteiger partial charge in [-0.2, -0.15) is 0 Å². The normalized spacial score (nSPS) is 15.0. The number of rotatable bonds is 12. The number of ether oxygens (including phenoxy) is 2. The number of carboxylic acid groups (broad SMARTS) is 1. The zero-order valence-corrected chi connectivity index (χ0v) is 36.4. The molecule has 0 spiro atoms. The van der Waals surface area contributed by atoms with Gasteiger partial charge in [0.15, 0.2) is 5.13 Å². The number of aliphatic carboxylic acids is 1. The van der Waals surface area contributed by atoms with Crippen LogP contribution in [0.25, 0.3) is 0 Å². The van der Waals surface area contributed by atoms with Gasteiger partial charge < -0.3 is 20.3 Å². The Morgan fingerprint density at radius 1 is 0.661 bits per heavy atom. The molecule has 0 unspecified atom stereocenters. The van der Waals surface area contributed by atoms with Gasteiger partial charge in [-0.25, -0.2) is 9.97 Å². The third-order valence-electron chi connectivity index (χ3n) is 11.3. The van der Waals surface area contributed by atoms with E-state index in [0.29, 0.717) is 11.6 Å². The van der Waals surface area contributed by atoms with Crippen LogP contribution in [0.4, 0.5) is 5.13 Å². The molecule has 3 N–H and O–H groups in total. The SMILES string of the molecule is COc1ccc(C2(C(=O)Cc3ncc(Cc4ccccc4Cl)s3)CCCC2)cc1.COc1ccc(C2(C(=O)O)CCCC2)cc1.Nc1ncc(Cc2ccccc2Cl)s1. The molecule has 0 bridgehead atoms. The number of methoxy groups -OCH3 is 2. The van der Waals surface area contributed by atoms with Crippen LogP contribution in [-0.4, -0.2) is 41.0 Å². The van der Waals surface area contributed by atoms with E-state index in [2.05, 4.69) is 9.97 Å². The molecule has 0 atom stereocenters. The van der Waals surface area contributed by atoms with Crippen molar-refractivity contribution in [3.63, 3.8) is 0 Å². The molecule has 8 nitrogen and oxygen atoms in total. The highest BCUT2D eigenvalue weighted by Gasteiger charge is 2.43. The molecule has 0 aliphatic heterocycles. The first kappa shape index (κ1) is 43.8. The van der Waals surface area contributed by atoms with E-state index >= 15 is 0 Å². The van der Waals surface area contributed by atoms with Gasteiger partial charge in [0.05, 0.1) is 31.5 Å².